The van der Waals surface area contributed by atoms with Crippen molar-refractivity contribution in [3.8, 4) is 0 Å². The van der Waals surface area contributed by atoms with E-state index in [-0.39, 0.29) is 0 Å². The van der Waals surface area contributed by atoms with Crippen molar-refractivity contribution in [3.05, 3.63) is 54.1 Å². The molecule has 2 aromatic carbocycles. The Kier molecular flexibility index (Phi) is 8.65. The summed E-state index contributed by atoms with van der Waals surface area (Å²) in [4.78, 5) is 6.28. The molecule has 6 heteroatoms. The van der Waals surface area contributed by atoms with Crippen LogP contribution in [0.1, 0.15) is 24.8 Å². The molecule has 0 saturated carbocycles. The van der Waals surface area contributed by atoms with Crippen LogP contribution in [0.4, 0.5) is 11.4 Å². The minimum atomic E-state index is 0.324. The van der Waals surface area contributed by atoms with Crippen LogP contribution in [-0.4, -0.2) is 49.0 Å². The molecule has 0 atom stereocenters. The summed E-state index contributed by atoms with van der Waals surface area (Å²) in [7, 11) is 0. The van der Waals surface area contributed by atoms with Crippen LogP contribution in [0.3, 0.4) is 0 Å². The molecule has 29 heavy (non-hydrogen) atoms. The Balaban J connectivity index is 1.35. The van der Waals surface area contributed by atoms with Gasteiger partial charge in [0.2, 0.25) is 0 Å². The third-order valence-corrected chi connectivity index (χ3v) is 6.35. The maximum atomic E-state index is 5.65. The molecule has 0 spiro atoms. The zero-order valence-electron chi connectivity index (χ0n) is 17.3. The highest BCUT2D eigenvalue weighted by Crippen LogP contribution is 2.27. The van der Waals surface area contributed by atoms with E-state index in [2.05, 4.69) is 69.9 Å². The third kappa shape index (κ3) is 6.91. The number of piperazine rings is 1. The molecule has 0 unspecified atom stereocenters. The Morgan fingerprint density at radius 2 is 1.79 bits per heavy atom. The van der Waals surface area contributed by atoms with E-state index in [0.29, 0.717) is 5.11 Å². The lowest BCUT2D eigenvalue weighted by Crippen LogP contribution is -2.46. The number of anilines is 2. The maximum Gasteiger partial charge on any atom is 0.168 e. The lowest BCUT2D eigenvalue weighted by atomic mass is 10.1. The number of benzene rings is 2. The zero-order valence-corrected chi connectivity index (χ0v) is 18.9. The van der Waals surface area contributed by atoms with Crippen molar-refractivity contribution in [1.29, 1.82) is 0 Å². The van der Waals surface area contributed by atoms with Gasteiger partial charge in [0.1, 0.15) is 0 Å². The summed E-state index contributed by atoms with van der Waals surface area (Å²) in [6, 6.07) is 17.3. The topological polar surface area (TPSA) is 44.5 Å². The number of thioether (sulfide) groups is 1. The van der Waals surface area contributed by atoms with E-state index in [9.17, 15) is 0 Å². The number of nitrogens with one attached hydrogen (secondary N) is 1. The second-order valence-corrected chi connectivity index (χ2v) is 8.79. The minimum Gasteiger partial charge on any atom is -0.376 e. The number of thiocarbonyl (C=S) groups is 1. The molecule has 1 heterocycles. The molecule has 0 amide bonds. The Bertz CT molecular complexity index is 774. The second-order valence-electron chi connectivity index (χ2n) is 7.50. The van der Waals surface area contributed by atoms with Gasteiger partial charge in [-0.15, -0.1) is 11.8 Å². The number of hydrogen-bond acceptors (Lipinski definition) is 4. The van der Waals surface area contributed by atoms with E-state index in [0.717, 1.165) is 25.2 Å². The normalized spacial score (nSPS) is 14.7. The second kappa shape index (κ2) is 11.4. The number of hydrogen-bond donors (Lipinski definition) is 2. The minimum absolute atomic E-state index is 0.324. The van der Waals surface area contributed by atoms with Crippen LogP contribution in [0.25, 0.3) is 0 Å². The van der Waals surface area contributed by atoms with Gasteiger partial charge in [-0.25, -0.2) is 0 Å². The molecule has 3 rings (SSSR count). The van der Waals surface area contributed by atoms with Gasteiger partial charge in [0.05, 0.1) is 5.69 Å². The van der Waals surface area contributed by atoms with E-state index in [4.69, 9.17) is 18.0 Å². The fraction of sp³-hybridized carbons (Fsp3) is 0.435. The summed E-state index contributed by atoms with van der Waals surface area (Å²) in [5.41, 5.74) is 9.38. The first-order valence-electron chi connectivity index (χ1n) is 10.4. The summed E-state index contributed by atoms with van der Waals surface area (Å²) in [5, 5.41) is 3.43. The molecular weight excluding hydrogens is 396 g/mol. The summed E-state index contributed by atoms with van der Waals surface area (Å²) >= 11 is 6.70. The summed E-state index contributed by atoms with van der Waals surface area (Å²) in [5.74, 6) is 0. The molecule has 3 N–H and O–H groups in total. The Morgan fingerprint density at radius 1 is 1.03 bits per heavy atom. The van der Waals surface area contributed by atoms with Gasteiger partial charge >= 0.3 is 0 Å². The summed E-state index contributed by atoms with van der Waals surface area (Å²) in [6.07, 6.45) is 6.92. The number of nitrogens with two attached hydrogens (primary N) is 1. The van der Waals surface area contributed by atoms with Crippen molar-refractivity contribution in [2.75, 3.05) is 49.2 Å². The van der Waals surface area contributed by atoms with Crippen molar-refractivity contribution in [1.82, 2.24) is 4.90 Å². The van der Waals surface area contributed by atoms with Crippen LogP contribution in [0.2, 0.25) is 0 Å². The van der Waals surface area contributed by atoms with E-state index in [1.54, 1.807) is 11.8 Å². The van der Waals surface area contributed by atoms with E-state index in [1.807, 2.05) is 0 Å². The molecule has 1 aliphatic rings. The zero-order chi connectivity index (χ0) is 20.5. The lowest BCUT2D eigenvalue weighted by Gasteiger charge is -2.36. The van der Waals surface area contributed by atoms with Gasteiger partial charge in [-0.3, -0.25) is 4.90 Å². The number of nitrogens with zero attached hydrogens (tertiary/aromatic N) is 2. The average molecular weight is 429 g/mol. The van der Waals surface area contributed by atoms with Crippen LogP contribution in [0.5, 0.6) is 0 Å². The van der Waals surface area contributed by atoms with Gasteiger partial charge in [0, 0.05) is 36.8 Å². The number of unbranched alkanes of at least 4 members (excludes halogenated alkanes) is 2. The van der Waals surface area contributed by atoms with E-state index >= 15 is 0 Å². The highest BCUT2D eigenvalue weighted by Gasteiger charge is 2.16. The van der Waals surface area contributed by atoms with Gasteiger partial charge in [-0.05, 0) is 74.1 Å². The Labute approximate surface area is 184 Å². The fourth-order valence-electron chi connectivity index (χ4n) is 3.85. The molecule has 0 aromatic heterocycles. The highest BCUT2D eigenvalue weighted by molar-refractivity contribution is 7.98. The maximum absolute atomic E-state index is 5.65. The quantitative estimate of drug-likeness (QED) is 0.346. The lowest BCUT2D eigenvalue weighted by molar-refractivity contribution is 0.252. The van der Waals surface area contributed by atoms with Gasteiger partial charge in [-0.1, -0.05) is 30.7 Å². The molecule has 0 bridgehead atoms. The molecule has 0 aliphatic carbocycles. The first-order valence-corrected chi connectivity index (χ1v) is 12.0. The molecule has 0 radical (unpaired) electrons. The van der Waals surface area contributed by atoms with Crippen LogP contribution in [0.15, 0.2) is 53.4 Å². The van der Waals surface area contributed by atoms with Crippen molar-refractivity contribution in [2.24, 2.45) is 5.73 Å². The monoisotopic (exact) mass is 428 g/mol. The largest absolute Gasteiger partial charge is 0.376 e. The van der Waals surface area contributed by atoms with E-state index in [1.165, 1.54) is 55.0 Å². The van der Waals surface area contributed by atoms with Gasteiger partial charge in [0.25, 0.3) is 0 Å². The molecule has 4 nitrogen and oxygen atoms in total. The first kappa shape index (κ1) is 21.9. The SMILES string of the molecule is CSc1ccc(CCCCCN2CCN(c3ccccc3)CC2)cc1NC(N)=S. The number of aryl methyl sites for hydroxylation is 1. The molecule has 2 aromatic rings. The first-order chi connectivity index (χ1) is 14.2. The summed E-state index contributed by atoms with van der Waals surface area (Å²) in [6.45, 7) is 5.80. The van der Waals surface area contributed by atoms with Crippen LogP contribution in [0, 0.1) is 0 Å². The molecule has 1 aliphatic heterocycles. The molecule has 156 valence electrons. The van der Waals surface area contributed by atoms with E-state index < -0.39 is 0 Å². The van der Waals surface area contributed by atoms with Crippen LogP contribution in [-0.2, 0) is 6.42 Å². The van der Waals surface area contributed by atoms with Crippen molar-refractivity contribution in [2.45, 2.75) is 30.6 Å². The van der Waals surface area contributed by atoms with Crippen molar-refractivity contribution < 1.29 is 0 Å². The molecule has 1 saturated heterocycles. The van der Waals surface area contributed by atoms with Gasteiger partial charge in [0.15, 0.2) is 5.11 Å². The third-order valence-electron chi connectivity index (χ3n) is 5.46. The molecule has 1 fully saturated rings. The molecular formula is C23H32N4S2. The predicted molar refractivity (Wildman–Crippen MR) is 131 cm³/mol. The standard InChI is InChI=1S/C23H32N4S2/c1-29-22-12-11-19(18-21(22)25-23(24)28)8-4-3-7-13-26-14-16-27(17-15-26)20-9-5-2-6-10-20/h2,5-6,9-12,18H,3-4,7-8,13-17H2,1H3,(H3,24,25,28). The van der Waals surface area contributed by atoms with Crippen LogP contribution >= 0.6 is 24.0 Å². The van der Waals surface area contributed by atoms with Gasteiger partial charge in [-0.2, -0.15) is 0 Å². The van der Waals surface area contributed by atoms with Crippen molar-refractivity contribution in [3.63, 3.8) is 0 Å². The highest BCUT2D eigenvalue weighted by atomic mass is 32.2. The van der Waals surface area contributed by atoms with Crippen molar-refractivity contribution >= 4 is 40.5 Å². The smallest absolute Gasteiger partial charge is 0.168 e. The van der Waals surface area contributed by atoms with Crippen LogP contribution < -0.4 is 16.0 Å². The number of para-hydroxylation sites is 1. The predicted octanol–water partition coefficient (Wildman–Crippen LogP) is 4.60. The van der Waals surface area contributed by atoms with Gasteiger partial charge < -0.3 is 16.0 Å². The summed E-state index contributed by atoms with van der Waals surface area (Å²) < 4.78 is 0. The number of rotatable bonds is 9. The fourth-order valence-corrected chi connectivity index (χ4v) is 4.49. The Morgan fingerprint density at radius 3 is 2.48 bits per heavy atom. The Hall–Kier alpha value is -1.76. The average Bonchev–Trinajstić information content (AvgIpc) is 2.74.